The molecule has 3 heterocycles. The molecular weight excluding hydrogens is 533 g/mol. The first kappa shape index (κ1) is 27.4. The molecule has 1 saturated heterocycles. The number of rotatable bonds is 7. The summed E-state index contributed by atoms with van der Waals surface area (Å²) in [5.41, 5.74) is 3.73. The molecule has 0 radical (unpaired) electrons. The zero-order valence-corrected chi connectivity index (χ0v) is 25.0. The Morgan fingerprint density at radius 1 is 1.13 bits per heavy atom. The van der Waals surface area contributed by atoms with Crippen LogP contribution < -0.4 is 20.8 Å². The van der Waals surface area contributed by atoms with E-state index in [9.17, 15) is 9.67 Å². The standard InChI is InChI=1S/C28H35ClN7O2P/c1-16-8-11-22(24(17(16)2)39(6,7)38)32-25-21(29)13-30-27(33-25)31-19-9-10-20-23(12-19)34-35(5)26(20)36-14-18(15-36)28(3,4)37/h8-13,18,37H,14-15H2,1-7H3,(H2,30,31,32,33). The van der Waals surface area contributed by atoms with E-state index >= 15 is 0 Å². The first-order valence-corrected chi connectivity index (χ1v) is 15.9. The monoisotopic (exact) mass is 567 g/mol. The molecule has 1 fully saturated rings. The quantitative estimate of drug-likeness (QED) is 0.249. The van der Waals surface area contributed by atoms with E-state index < -0.39 is 12.7 Å². The highest BCUT2D eigenvalue weighted by Crippen LogP contribution is 2.41. The number of hydrogen-bond acceptors (Lipinski definition) is 8. The molecule has 1 aliphatic heterocycles. The second-order valence-corrected chi connectivity index (χ2v) is 14.9. The smallest absolute Gasteiger partial charge is 0.229 e. The van der Waals surface area contributed by atoms with Crippen LogP contribution >= 0.6 is 18.7 Å². The van der Waals surface area contributed by atoms with Crippen molar-refractivity contribution >= 4 is 63.9 Å². The van der Waals surface area contributed by atoms with Crippen LogP contribution in [0.25, 0.3) is 10.9 Å². The maximum Gasteiger partial charge on any atom is 0.229 e. The van der Waals surface area contributed by atoms with Crippen LogP contribution in [0.5, 0.6) is 0 Å². The number of benzene rings is 2. The average Bonchev–Trinajstić information content (AvgIpc) is 3.10. The van der Waals surface area contributed by atoms with E-state index in [0.29, 0.717) is 16.8 Å². The number of nitrogens with zero attached hydrogens (tertiary/aromatic N) is 5. The summed E-state index contributed by atoms with van der Waals surface area (Å²) in [5.74, 6) is 2.07. The van der Waals surface area contributed by atoms with E-state index in [2.05, 4.69) is 25.5 Å². The second kappa shape index (κ2) is 9.81. The number of aryl methyl sites for hydroxylation is 2. The van der Waals surface area contributed by atoms with Gasteiger partial charge in [0.2, 0.25) is 5.95 Å². The predicted molar refractivity (Wildman–Crippen MR) is 161 cm³/mol. The van der Waals surface area contributed by atoms with E-state index in [4.69, 9.17) is 16.7 Å². The highest BCUT2D eigenvalue weighted by atomic mass is 35.5. The van der Waals surface area contributed by atoms with Gasteiger partial charge in [0.15, 0.2) is 5.82 Å². The summed E-state index contributed by atoms with van der Waals surface area (Å²) in [4.78, 5) is 11.2. The van der Waals surface area contributed by atoms with Crippen LogP contribution in [-0.2, 0) is 11.6 Å². The highest BCUT2D eigenvalue weighted by Gasteiger charge is 2.39. The molecule has 1 aliphatic rings. The summed E-state index contributed by atoms with van der Waals surface area (Å²) in [7, 11) is -0.634. The van der Waals surface area contributed by atoms with Gasteiger partial charge in [-0.3, -0.25) is 4.68 Å². The number of fused-ring (bicyclic) bond motifs is 1. The maximum absolute atomic E-state index is 13.1. The molecule has 3 N–H and O–H groups in total. The Morgan fingerprint density at radius 2 is 1.85 bits per heavy atom. The van der Waals surface area contributed by atoms with Gasteiger partial charge in [-0.2, -0.15) is 10.1 Å². The molecule has 9 nitrogen and oxygen atoms in total. The predicted octanol–water partition coefficient (Wildman–Crippen LogP) is 5.58. The van der Waals surface area contributed by atoms with Crippen molar-refractivity contribution in [3.8, 4) is 0 Å². The lowest BCUT2D eigenvalue weighted by atomic mass is 9.84. The molecule has 4 aromatic rings. The number of anilines is 5. The van der Waals surface area contributed by atoms with Gasteiger partial charge >= 0.3 is 0 Å². The fourth-order valence-electron chi connectivity index (χ4n) is 5.11. The number of hydrogen-bond donors (Lipinski definition) is 3. The van der Waals surface area contributed by atoms with Gasteiger partial charge in [-0.1, -0.05) is 17.7 Å². The van der Waals surface area contributed by atoms with Crippen molar-refractivity contribution < 1.29 is 9.67 Å². The van der Waals surface area contributed by atoms with Crippen molar-refractivity contribution in [1.29, 1.82) is 0 Å². The van der Waals surface area contributed by atoms with Crippen molar-refractivity contribution in [2.45, 2.75) is 33.3 Å². The molecule has 39 heavy (non-hydrogen) atoms. The van der Waals surface area contributed by atoms with Crippen LogP contribution in [0.4, 0.5) is 29.0 Å². The van der Waals surface area contributed by atoms with Gasteiger partial charge in [0, 0.05) is 42.4 Å². The lowest BCUT2D eigenvalue weighted by Crippen LogP contribution is -2.56. The molecule has 11 heteroatoms. The molecule has 0 bridgehead atoms. The van der Waals surface area contributed by atoms with Gasteiger partial charge in [0.25, 0.3) is 0 Å². The summed E-state index contributed by atoms with van der Waals surface area (Å²) in [5, 5.41) is 23.8. The normalized spacial score (nSPS) is 14.5. The van der Waals surface area contributed by atoms with Crippen LogP contribution in [0.15, 0.2) is 36.5 Å². The minimum atomic E-state index is -2.57. The summed E-state index contributed by atoms with van der Waals surface area (Å²) >= 11 is 6.45. The molecule has 0 atom stereocenters. The second-order valence-electron chi connectivity index (χ2n) is 11.3. The Morgan fingerprint density at radius 3 is 2.51 bits per heavy atom. The van der Waals surface area contributed by atoms with Crippen LogP contribution in [0.2, 0.25) is 5.02 Å². The summed E-state index contributed by atoms with van der Waals surface area (Å²) in [6.45, 7) is 12.8. The van der Waals surface area contributed by atoms with Gasteiger partial charge < -0.3 is 25.2 Å². The molecule has 5 rings (SSSR count). The van der Waals surface area contributed by atoms with E-state index in [-0.39, 0.29) is 5.92 Å². The van der Waals surface area contributed by atoms with Gasteiger partial charge in [0.05, 0.1) is 23.0 Å². The van der Waals surface area contributed by atoms with Gasteiger partial charge in [-0.25, -0.2) is 4.98 Å². The van der Waals surface area contributed by atoms with E-state index in [0.717, 1.165) is 57.6 Å². The Kier molecular flexibility index (Phi) is 6.90. The number of halogens is 1. The molecule has 2 aromatic heterocycles. The van der Waals surface area contributed by atoms with E-state index in [1.165, 1.54) is 6.20 Å². The van der Waals surface area contributed by atoms with Gasteiger partial charge in [-0.15, -0.1) is 0 Å². The zero-order valence-electron chi connectivity index (χ0n) is 23.4. The fraction of sp³-hybridized carbons (Fsp3) is 0.393. The molecule has 0 spiro atoms. The minimum absolute atomic E-state index is 0.231. The van der Waals surface area contributed by atoms with Crippen molar-refractivity contribution in [2.24, 2.45) is 13.0 Å². The summed E-state index contributed by atoms with van der Waals surface area (Å²) in [6.07, 6.45) is 1.54. The van der Waals surface area contributed by atoms with Crippen molar-refractivity contribution in [3.63, 3.8) is 0 Å². The van der Waals surface area contributed by atoms with Crippen LogP contribution in [0, 0.1) is 19.8 Å². The van der Waals surface area contributed by atoms with Crippen molar-refractivity contribution in [3.05, 3.63) is 52.7 Å². The Labute approximate surface area is 234 Å². The molecule has 0 saturated carbocycles. The zero-order chi connectivity index (χ0) is 28.3. The van der Waals surface area contributed by atoms with Crippen LogP contribution in [0.1, 0.15) is 25.0 Å². The Balaban J connectivity index is 1.39. The lowest BCUT2D eigenvalue weighted by molar-refractivity contribution is 0.00426. The largest absolute Gasteiger partial charge is 0.390 e. The van der Waals surface area contributed by atoms with Gasteiger partial charge in [0.1, 0.15) is 18.0 Å². The third-order valence-corrected chi connectivity index (χ3v) is 9.41. The number of nitrogens with one attached hydrogen (secondary N) is 2. The molecular formula is C28H35ClN7O2P. The first-order chi connectivity index (χ1) is 18.2. The topological polar surface area (TPSA) is 108 Å². The third kappa shape index (κ3) is 5.36. The first-order valence-electron chi connectivity index (χ1n) is 12.9. The molecule has 206 valence electrons. The van der Waals surface area contributed by atoms with E-state index in [1.807, 2.05) is 69.8 Å². The number of aromatic nitrogens is 4. The summed E-state index contributed by atoms with van der Waals surface area (Å²) < 4.78 is 15.0. The molecule has 0 amide bonds. The minimum Gasteiger partial charge on any atom is -0.390 e. The lowest BCUT2D eigenvalue weighted by Gasteiger charge is -2.46. The third-order valence-electron chi connectivity index (χ3n) is 7.48. The van der Waals surface area contributed by atoms with E-state index in [1.54, 1.807) is 13.3 Å². The molecule has 0 aliphatic carbocycles. The van der Waals surface area contributed by atoms with Crippen LogP contribution in [-0.4, -0.2) is 56.9 Å². The Bertz CT molecular complexity index is 1620. The SMILES string of the molecule is Cc1ccc(Nc2nc(Nc3ccc4c(N5CC(C(C)(C)O)C5)n(C)nc4c3)ncc2Cl)c(P(C)(C)=O)c1C. The molecule has 0 unspecified atom stereocenters. The average molecular weight is 568 g/mol. The highest BCUT2D eigenvalue weighted by molar-refractivity contribution is 7.70. The Hall–Kier alpha value is -3.13. The molecule has 2 aromatic carbocycles. The van der Waals surface area contributed by atoms with Crippen LogP contribution in [0.3, 0.4) is 0 Å². The fourth-order valence-corrected chi connectivity index (χ4v) is 6.94. The number of aliphatic hydroxyl groups is 1. The maximum atomic E-state index is 13.1. The van der Waals surface area contributed by atoms with Gasteiger partial charge in [-0.05, 0) is 76.4 Å². The van der Waals surface area contributed by atoms with Crippen molar-refractivity contribution in [1.82, 2.24) is 19.7 Å². The van der Waals surface area contributed by atoms with Crippen molar-refractivity contribution in [2.75, 3.05) is 42.0 Å². The summed E-state index contributed by atoms with van der Waals surface area (Å²) in [6, 6.07) is 9.87.